The topological polar surface area (TPSA) is 74.3 Å². The van der Waals surface area contributed by atoms with Crippen molar-refractivity contribution in [3.05, 3.63) is 54.2 Å². The Kier molecular flexibility index (Phi) is 6.69. The van der Waals surface area contributed by atoms with Gasteiger partial charge in [0.1, 0.15) is 6.04 Å². The number of hydrazine groups is 1. The standard InChI is InChI=1S/C21H28N4O2/c1-15(26)23-19(21(2,3)4)20(27)24-25(5)14-16-9-11-17(12-10-16)18-8-6-7-13-22-18/h6-13,19H,14H2,1-5H3,(H,23,26)(H,24,27). The average Bonchev–Trinajstić information content (AvgIpc) is 2.60. The summed E-state index contributed by atoms with van der Waals surface area (Å²) in [6.45, 7) is 7.72. The number of rotatable bonds is 6. The van der Waals surface area contributed by atoms with E-state index in [0.29, 0.717) is 6.54 Å². The lowest BCUT2D eigenvalue weighted by Gasteiger charge is -2.31. The normalized spacial score (nSPS) is 12.5. The third kappa shape index (κ3) is 6.18. The van der Waals surface area contributed by atoms with Crippen LogP contribution in [0.1, 0.15) is 33.3 Å². The fraction of sp³-hybridized carbons (Fsp3) is 0.381. The molecule has 1 aromatic heterocycles. The van der Waals surface area contributed by atoms with E-state index in [0.717, 1.165) is 16.8 Å². The number of hydrogen-bond acceptors (Lipinski definition) is 4. The summed E-state index contributed by atoms with van der Waals surface area (Å²) in [5, 5.41) is 4.45. The molecule has 0 aliphatic heterocycles. The maximum atomic E-state index is 12.6. The number of aromatic nitrogens is 1. The summed E-state index contributed by atoms with van der Waals surface area (Å²) in [6, 6.07) is 13.3. The molecule has 2 amide bonds. The van der Waals surface area contributed by atoms with Crippen LogP contribution >= 0.6 is 0 Å². The summed E-state index contributed by atoms with van der Waals surface area (Å²) in [7, 11) is 1.80. The van der Waals surface area contributed by atoms with E-state index in [1.807, 2.05) is 63.2 Å². The Labute approximate surface area is 161 Å². The molecular weight excluding hydrogens is 340 g/mol. The number of nitrogens with zero attached hydrogens (tertiary/aromatic N) is 2. The van der Waals surface area contributed by atoms with E-state index in [-0.39, 0.29) is 17.2 Å². The summed E-state index contributed by atoms with van der Waals surface area (Å²) in [5.41, 5.74) is 5.50. The summed E-state index contributed by atoms with van der Waals surface area (Å²) < 4.78 is 0. The van der Waals surface area contributed by atoms with Gasteiger partial charge in [-0.25, -0.2) is 5.01 Å². The lowest BCUT2D eigenvalue weighted by molar-refractivity contribution is -0.134. The Morgan fingerprint density at radius 1 is 1.11 bits per heavy atom. The van der Waals surface area contributed by atoms with E-state index >= 15 is 0 Å². The van der Waals surface area contributed by atoms with Gasteiger partial charge in [-0.05, 0) is 23.1 Å². The SMILES string of the molecule is CC(=O)NC(C(=O)NN(C)Cc1ccc(-c2ccccn2)cc1)C(C)(C)C. The molecule has 0 bridgehead atoms. The molecule has 6 heteroatoms. The molecule has 0 radical (unpaired) electrons. The molecule has 0 aliphatic rings. The van der Waals surface area contributed by atoms with Gasteiger partial charge in [-0.3, -0.25) is 20.0 Å². The number of carbonyl (C=O) groups excluding carboxylic acids is 2. The average molecular weight is 368 g/mol. The van der Waals surface area contributed by atoms with E-state index < -0.39 is 6.04 Å². The molecule has 2 N–H and O–H groups in total. The maximum Gasteiger partial charge on any atom is 0.257 e. The molecule has 1 aromatic carbocycles. The molecule has 2 rings (SSSR count). The lowest BCUT2D eigenvalue weighted by Crippen LogP contribution is -2.56. The number of benzene rings is 1. The molecular formula is C21H28N4O2. The number of pyridine rings is 1. The molecule has 1 atom stereocenters. The van der Waals surface area contributed by atoms with Crippen LogP contribution in [0.4, 0.5) is 0 Å². The number of hydrogen-bond donors (Lipinski definition) is 2. The first kappa shape index (κ1) is 20.6. The minimum Gasteiger partial charge on any atom is -0.344 e. The smallest absolute Gasteiger partial charge is 0.257 e. The predicted octanol–water partition coefficient (Wildman–Crippen LogP) is 2.76. The molecule has 0 saturated heterocycles. The Hall–Kier alpha value is -2.73. The highest BCUT2D eigenvalue weighted by molar-refractivity contribution is 5.87. The lowest BCUT2D eigenvalue weighted by atomic mass is 9.86. The molecule has 1 heterocycles. The second-order valence-electron chi connectivity index (χ2n) is 7.74. The van der Waals surface area contributed by atoms with E-state index in [2.05, 4.69) is 15.7 Å². The number of amides is 2. The predicted molar refractivity (Wildman–Crippen MR) is 106 cm³/mol. The van der Waals surface area contributed by atoms with Crippen LogP contribution in [0.25, 0.3) is 11.3 Å². The Morgan fingerprint density at radius 2 is 1.78 bits per heavy atom. The van der Waals surface area contributed by atoms with Crippen LogP contribution in [-0.4, -0.2) is 34.9 Å². The first-order valence-corrected chi connectivity index (χ1v) is 8.96. The monoisotopic (exact) mass is 368 g/mol. The van der Waals surface area contributed by atoms with E-state index in [1.54, 1.807) is 18.3 Å². The van der Waals surface area contributed by atoms with Gasteiger partial charge in [0, 0.05) is 32.3 Å². The van der Waals surface area contributed by atoms with Gasteiger partial charge in [-0.1, -0.05) is 51.1 Å². The molecule has 0 fully saturated rings. The fourth-order valence-electron chi connectivity index (χ4n) is 2.76. The first-order valence-electron chi connectivity index (χ1n) is 8.96. The van der Waals surface area contributed by atoms with Gasteiger partial charge >= 0.3 is 0 Å². The van der Waals surface area contributed by atoms with Gasteiger partial charge in [0.25, 0.3) is 5.91 Å². The van der Waals surface area contributed by atoms with Crippen molar-refractivity contribution in [2.24, 2.45) is 5.41 Å². The highest BCUT2D eigenvalue weighted by Crippen LogP contribution is 2.20. The Morgan fingerprint density at radius 3 is 2.30 bits per heavy atom. The quantitative estimate of drug-likeness (QED) is 0.769. The van der Waals surface area contributed by atoms with Gasteiger partial charge in [0.2, 0.25) is 5.91 Å². The summed E-state index contributed by atoms with van der Waals surface area (Å²) in [4.78, 5) is 28.4. The number of carbonyl (C=O) groups is 2. The van der Waals surface area contributed by atoms with Crippen molar-refractivity contribution >= 4 is 11.8 Å². The second kappa shape index (κ2) is 8.77. The maximum absolute atomic E-state index is 12.6. The minimum atomic E-state index is -0.607. The molecule has 144 valence electrons. The van der Waals surface area contributed by atoms with Crippen molar-refractivity contribution in [1.82, 2.24) is 20.7 Å². The van der Waals surface area contributed by atoms with Crippen molar-refractivity contribution in [3.63, 3.8) is 0 Å². The van der Waals surface area contributed by atoms with Crippen molar-refractivity contribution < 1.29 is 9.59 Å². The zero-order valence-electron chi connectivity index (χ0n) is 16.6. The zero-order valence-corrected chi connectivity index (χ0v) is 16.6. The third-order valence-electron chi connectivity index (χ3n) is 4.11. The van der Waals surface area contributed by atoms with Crippen molar-refractivity contribution in [2.75, 3.05) is 7.05 Å². The zero-order chi connectivity index (χ0) is 20.0. The van der Waals surface area contributed by atoms with Crippen LogP contribution in [0.3, 0.4) is 0 Å². The molecule has 0 saturated carbocycles. The van der Waals surface area contributed by atoms with Crippen molar-refractivity contribution in [1.29, 1.82) is 0 Å². The minimum absolute atomic E-state index is 0.224. The largest absolute Gasteiger partial charge is 0.344 e. The van der Waals surface area contributed by atoms with Crippen LogP contribution in [0.5, 0.6) is 0 Å². The van der Waals surface area contributed by atoms with Crippen LogP contribution in [0.2, 0.25) is 0 Å². The van der Waals surface area contributed by atoms with Crippen LogP contribution in [0.15, 0.2) is 48.7 Å². The van der Waals surface area contributed by atoms with Crippen molar-refractivity contribution in [2.45, 2.75) is 40.3 Å². The van der Waals surface area contributed by atoms with Gasteiger partial charge in [-0.15, -0.1) is 0 Å². The van der Waals surface area contributed by atoms with Gasteiger partial charge in [0.05, 0.1) is 5.69 Å². The van der Waals surface area contributed by atoms with Gasteiger partial charge < -0.3 is 5.32 Å². The summed E-state index contributed by atoms with van der Waals surface area (Å²) in [6.07, 6.45) is 1.77. The summed E-state index contributed by atoms with van der Waals surface area (Å²) in [5.74, 6) is -0.455. The Bertz CT molecular complexity index is 767. The molecule has 1 unspecified atom stereocenters. The second-order valence-corrected chi connectivity index (χ2v) is 7.74. The first-order chi connectivity index (χ1) is 12.7. The van der Waals surface area contributed by atoms with Gasteiger partial charge in [0.15, 0.2) is 0 Å². The fourth-order valence-corrected chi connectivity index (χ4v) is 2.76. The molecule has 0 aliphatic carbocycles. The van der Waals surface area contributed by atoms with Crippen LogP contribution in [0, 0.1) is 5.41 Å². The molecule has 27 heavy (non-hydrogen) atoms. The highest BCUT2D eigenvalue weighted by atomic mass is 16.2. The summed E-state index contributed by atoms with van der Waals surface area (Å²) >= 11 is 0. The van der Waals surface area contributed by atoms with Crippen molar-refractivity contribution in [3.8, 4) is 11.3 Å². The van der Waals surface area contributed by atoms with Crippen LogP contribution < -0.4 is 10.7 Å². The molecule has 6 nitrogen and oxygen atoms in total. The molecule has 2 aromatic rings. The van der Waals surface area contributed by atoms with E-state index in [9.17, 15) is 9.59 Å². The molecule has 0 spiro atoms. The van der Waals surface area contributed by atoms with E-state index in [1.165, 1.54) is 6.92 Å². The Balaban J connectivity index is 1.99. The highest BCUT2D eigenvalue weighted by Gasteiger charge is 2.32. The third-order valence-corrected chi connectivity index (χ3v) is 4.11. The van der Waals surface area contributed by atoms with Gasteiger partial charge in [-0.2, -0.15) is 0 Å². The van der Waals surface area contributed by atoms with E-state index in [4.69, 9.17) is 0 Å². The van der Waals surface area contributed by atoms with Crippen LogP contribution in [-0.2, 0) is 16.1 Å². The number of nitrogens with one attached hydrogen (secondary N) is 2.